The molecule has 0 bridgehead atoms. The van der Waals surface area contributed by atoms with Gasteiger partial charge in [0.15, 0.2) is 9.84 Å². The van der Waals surface area contributed by atoms with Crippen molar-refractivity contribution in [3.05, 3.63) is 24.3 Å². The molecule has 1 rings (SSSR count). The fraction of sp³-hybridized carbons (Fsp3) is 0.462. The summed E-state index contributed by atoms with van der Waals surface area (Å²) < 4.78 is 23.4. The van der Waals surface area contributed by atoms with Gasteiger partial charge < -0.3 is 5.11 Å². The maximum absolute atomic E-state index is 11.7. The largest absolute Gasteiger partial charge is 0.465 e. The van der Waals surface area contributed by atoms with Gasteiger partial charge in [-0.1, -0.05) is 6.92 Å². The van der Waals surface area contributed by atoms with Gasteiger partial charge in [-0.3, -0.25) is 4.90 Å². The Morgan fingerprint density at radius 2 is 1.68 bits per heavy atom. The van der Waals surface area contributed by atoms with E-state index in [9.17, 15) is 18.3 Å². The second-order valence-corrected chi connectivity index (χ2v) is 7.46. The number of sulfone groups is 1. The van der Waals surface area contributed by atoms with Crippen LogP contribution in [0.1, 0.15) is 27.7 Å². The highest BCUT2D eigenvalue weighted by Gasteiger charge is 2.27. The molecule has 1 N–H and O–H groups in total. The minimum atomic E-state index is -3.26. The number of amides is 1. The van der Waals surface area contributed by atoms with Gasteiger partial charge >= 0.3 is 6.09 Å². The van der Waals surface area contributed by atoms with Crippen LogP contribution in [-0.4, -0.2) is 30.9 Å². The highest BCUT2D eigenvalue weighted by atomic mass is 32.2. The summed E-state index contributed by atoms with van der Waals surface area (Å²) in [5, 5.41) is 9.25. The van der Waals surface area contributed by atoms with Crippen LogP contribution in [0, 0.1) is 0 Å². The Bertz CT molecular complexity index is 555. The van der Waals surface area contributed by atoms with Crippen molar-refractivity contribution in [3.8, 4) is 0 Å². The monoisotopic (exact) mass is 285 g/mol. The molecule has 1 aromatic rings. The van der Waals surface area contributed by atoms with E-state index >= 15 is 0 Å². The van der Waals surface area contributed by atoms with E-state index in [0.29, 0.717) is 5.69 Å². The minimum absolute atomic E-state index is 0.0221. The Morgan fingerprint density at radius 3 is 2.00 bits per heavy atom. The molecule has 0 atom stereocenters. The van der Waals surface area contributed by atoms with Crippen LogP contribution in [0.15, 0.2) is 29.2 Å². The Kier molecular flexibility index (Phi) is 4.25. The van der Waals surface area contributed by atoms with Crippen LogP contribution in [-0.2, 0) is 9.84 Å². The van der Waals surface area contributed by atoms with Crippen LogP contribution in [0.5, 0.6) is 0 Å². The van der Waals surface area contributed by atoms with Crippen LogP contribution < -0.4 is 4.90 Å². The summed E-state index contributed by atoms with van der Waals surface area (Å²) in [4.78, 5) is 12.7. The van der Waals surface area contributed by atoms with E-state index in [2.05, 4.69) is 0 Å². The molecule has 0 aliphatic heterocycles. The van der Waals surface area contributed by atoms with Gasteiger partial charge in [0.1, 0.15) is 0 Å². The van der Waals surface area contributed by atoms with E-state index in [1.807, 2.05) is 0 Å². The molecule has 0 aliphatic rings. The number of nitrogens with zero attached hydrogens (tertiary/aromatic N) is 1. The van der Waals surface area contributed by atoms with Gasteiger partial charge in [-0.25, -0.2) is 13.2 Å². The number of anilines is 1. The third kappa shape index (κ3) is 3.47. The predicted molar refractivity (Wildman–Crippen MR) is 74.4 cm³/mol. The zero-order valence-corrected chi connectivity index (χ0v) is 12.4. The van der Waals surface area contributed by atoms with Crippen molar-refractivity contribution in [2.75, 3.05) is 10.7 Å². The van der Waals surface area contributed by atoms with Crippen molar-refractivity contribution < 1.29 is 18.3 Å². The van der Waals surface area contributed by atoms with E-state index in [-0.39, 0.29) is 10.6 Å². The van der Waals surface area contributed by atoms with Gasteiger partial charge in [0, 0.05) is 11.2 Å². The van der Waals surface area contributed by atoms with Gasteiger partial charge in [-0.15, -0.1) is 0 Å². The average Bonchev–Trinajstić information content (AvgIpc) is 2.27. The lowest BCUT2D eigenvalue weighted by Gasteiger charge is -2.33. The molecule has 19 heavy (non-hydrogen) atoms. The summed E-state index contributed by atoms with van der Waals surface area (Å²) in [7, 11) is -3.26. The minimum Gasteiger partial charge on any atom is -0.465 e. The van der Waals surface area contributed by atoms with Crippen LogP contribution in [0.4, 0.5) is 10.5 Å². The van der Waals surface area contributed by atoms with Crippen molar-refractivity contribution in [1.82, 2.24) is 0 Å². The van der Waals surface area contributed by atoms with Crippen molar-refractivity contribution in [2.24, 2.45) is 0 Å². The van der Waals surface area contributed by atoms with E-state index in [1.54, 1.807) is 27.7 Å². The van der Waals surface area contributed by atoms with E-state index in [4.69, 9.17) is 0 Å². The molecule has 0 radical (unpaired) electrons. The van der Waals surface area contributed by atoms with Gasteiger partial charge in [-0.05, 0) is 45.0 Å². The maximum atomic E-state index is 11.7. The lowest BCUT2D eigenvalue weighted by Crippen LogP contribution is -2.45. The first-order chi connectivity index (χ1) is 8.59. The molecule has 0 aliphatic carbocycles. The molecule has 0 saturated heterocycles. The van der Waals surface area contributed by atoms with Crippen LogP contribution >= 0.6 is 0 Å². The Balaban J connectivity index is 3.21. The molecule has 6 heteroatoms. The van der Waals surface area contributed by atoms with E-state index in [1.165, 1.54) is 29.2 Å². The maximum Gasteiger partial charge on any atom is 0.412 e. The molecule has 1 aromatic carbocycles. The molecule has 1 amide bonds. The van der Waals surface area contributed by atoms with E-state index < -0.39 is 21.5 Å². The summed E-state index contributed by atoms with van der Waals surface area (Å²) in [5.74, 6) is 0.0221. The molecule has 0 spiro atoms. The fourth-order valence-electron chi connectivity index (χ4n) is 1.75. The summed E-state index contributed by atoms with van der Waals surface area (Å²) in [5.41, 5.74) is -0.146. The SMILES string of the molecule is CCS(=O)(=O)c1ccc(N(C(=O)O)C(C)(C)C)cc1. The molecular weight excluding hydrogens is 266 g/mol. The zero-order chi connectivity index (χ0) is 14.8. The number of benzene rings is 1. The third-order valence-electron chi connectivity index (χ3n) is 2.70. The first-order valence-corrected chi connectivity index (χ1v) is 7.61. The third-order valence-corrected chi connectivity index (χ3v) is 4.45. The van der Waals surface area contributed by atoms with Gasteiger partial charge in [-0.2, -0.15) is 0 Å². The Labute approximate surface area is 113 Å². The van der Waals surface area contributed by atoms with Crippen LogP contribution in [0.25, 0.3) is 0 Å². The fourth-order valence-corrected chi connectivity index (χ4v) is 2.64. The second kappa shape index (κ2) is 5.21. The molecule has 0 saturated carbocycles. The molecule has 5 nitrogen and oxygen atoms in total. The second-order valence-electron chi connectivity index (χ2n) is 5.19. The number of carbonyl (C=O) groups is 1. The standard InChI is InChI=1S/C13H19NO4S/c1-5-19(17,18)11-8-6-10(7-9-11)14(12(15)16)13(2,3)4/h6-9H,5H2,1-4H3,(H,15,16). The molecule has 0 fully saturated rings. The van der Waals surface area contributed by atoms with Crippen molar-refractivity contribution >= 4 is 21.6 Å². The quantitative estimate of drug-likeness (QED) is 0.926. The first kappa shape index (κ1) is 15.5. The highest BCUT2D eigenvalue weighted by molar-refractivity contribution is 7.91. The van der Waals surface area contributed by atoms with Crippen molar-refractivity contribution in [1.29, 1.82) is 0 Å². The Morgan fingerprint density at radius 1 is 1.21 bits per heavy atom. The van der Waals surface area contributed by atoms with Crippen molar-refractivity contribution in [3.63, 3.8) is 0 Å². The topological polar surface area (TPSA) is 74.7 Å². The lowest BCUT2D eigenvalue weighted by atomic mass is 10.1. The summed E-state index contributed by atoms with van der Waals surface area (Å²) in [6, 6.07) is 5.91. The molecule has 0 aromatic heterocycles. The smallest absolute Gasteiger partial charge is 0.412 e. The lowest BCUT2D eigenvalue weighted by molar-refractivity contribution is 0.195. The predicted octanol–water partition coefficient (Wildman–Crippen LogP) is 2.76. The summed E-state index contributed by atoms with van der Waals surface area (Å²) in [6.45, 7) is 6.90. The number of hydrogen-bond donors (Lipinski definition) is 1. The van der Waals surface area contributed by atoms with E-state index in [0.717, 1.165) is 0 Å². The first-order valence-electron chi connectivity index (χ1n) is 5.95. The molecular formula is C13H19NO4S. The highest BCUT2D eigenvalue weighted by Crippen LogP contribution is 2.25. The summed E-state index contributed by atoms with van der Waals surface area (Å²) in [6.07, 6.45) is -1.07. The zero-order valence-electron chi connectivity index (χ0n) is 11.5. The summed E-state index contributed by atoms with van der Waals surface area (Å²) >= 11 is 0. The average molecular weight is 285 g/mol. The molecule has 0 unspecified atom stereocenters. The number of hydrogen-bond acceptors (Lipinski definition) is 3. The Hall–Kier alpha value is -1.56. The number of rotatable bonds is 3. The van der Waals surface area contributed by atoms with Crippen LogP contribution in [0.2, 0.25) is 0 Å². The normalized spacial score (nSPS) is 12.2. The van der Waals surface area contributed by atoms with Gasteiger partial charge in [0.25, 0.3) is 0 Å². The van der Waals surface area contributed by atoms with Gasteiger partial charge in [0.2, 0.25) is 0 Å². The van der Waals surface area contributed by atoms with Crippen molar-refractivity contribution in [2.45, 2.75) is 38.1 Å². The van der Waals surface area contributed by atoms with Gasteiger partial charge in [0.05, 0.1) is 10.6 Å². The number of carboxylic acid groups (broad SMARTS) is 1. The molecule has 0 heterocycles. The van der Waals surface area contributed by atoms with Crippen LogP contribution in [0.3, 0.4) is 0 Å². The molecule has 106 valence electrons.